The van der Waals surface area contributed by atoms with Crippen LogP contribution in [-0.2, 0) is 4.74 Å². The summed E-state index contributed by atoms with van der Waals surface area (Å²) < 4.78 is 7.37. The van der Waals surface area contributed by atoms with Gasteiger partial charge in [0.25, 0.3) is 5.91 Å². The molecule has 2 saturated heterocycles. The van der Waals surface area contributed by atoms with Gasteiger partial charge in [-0.1, -0.05) is 48.0 Å². The average Bonchev–Trinajstić information content (AvgIpc) is 3.49. The van der Waals surface area contributed by atoms with Crippen molar-refractivity contribution in [1.82, 2.24) is 19.6 Å². The van der Waals surface area contributed by atoms with Gasteiger partial charge in [-0.05, 0) is 55.7 Å². The molecule has 1 atom stereocenters. The number of carbonyl (C=O) groups excluding carboxylic acids is 1. The van der Waals surface area contributed by atoms with Crippen LogP contribution < -0.4 is 0 Å². The number of nitrogens with zero attached hydrogens (tertiary/aromatic N) is 4. The molecule has 0 N–H and O–H groups in total. The molecule has 2 fully saturated rings. The maximum atomic E-state index is 13.5. The van der Waals surface area contributed by atoms with E-state index in [0.29, 0.717) is 6.04 Å². The molecule has 2 aromatic carbocycles. The van der Waals surface area contributed by atoms with Gasteiger partial charge in [-0.25, -0.2) is 4.68 Å². The van der Waals surface area contributed by atoms with E-state index in [1.807, 2.05) is 59.8 Å². The predicted molar refractivity (Wildman–Crippen MR) is 140 cm³/mol. The van der Waals surface area contributed by atoms with E-state index in [4.69, 9.17) is 21.4 Å². The smallest absolute Gasteiger partial charge is 0.257 e. The van der Waals surface area contributed by atoms with Crippen LogP contribution in [0.4, 0.5) is 0 Å². The van der Waals surface area contributed by atoms with Crippen molar-refractivity contribution < 1.29 is 9.53 Å². The molecule has 0 spiro atoms. The summed E-state index contributed by atoms with van der Waals surface area (Å²) in [7, 11) is 0. The van der Waals surface area contributed by atoms with Crippen LogP contribution in [0.25, 0.3) is 17.8 Å². The molecule has 0 unspecified atom stereocenters. The molecule has 3 heterocycles. The first kappa shape index (κ1) is 23.8. The van der Waals surface area contributed by atoms with Crippen molar-refractivity contribution in [3.63, 3.8) is 0 Å². The highest BCUT2D eigenvalue weighted by molar-refractivity contribution is 6.30. The van der Waals surface area contributed by atoms with Gasteiger partial charge in [-0.15, -0.1) is 0 Å². The van der Waals surface area contributed by atoms with E-state index < -0.39 is 0 Å². The molecule has 7 heteroatoms. The quantitative estimate of drug-likeness (QED) is 0.479. The summed E-state index contributed by atoms with van der Waals surface area (Å²) in [6.07, 6.45) is 5.14. The van der Waals surface area contributed by atoms with Crippen LogP contribution >= 0.6 is 11.6 Å². The van der Waals surface area contributed by atoms with Crippen LogP contribution in [0.5, 0.6) is 0 Å². The number of aryl methyl sites for hydroxylation is 1. The number of aromatic nitrogens is 2. The lowest BCUT2D eigenvalue weighted by atomic mass is 10.1. The van der Waals surface area contributed by atoms with E-state index >= 15 is 0 Å². The molecule has 0 radical (unpaired) electrons. The van der Waals surface area contributed by atoms with Crippen molar-refractivity contribution in [3.05, 3.63) is 81.6 Å². The first-order chi connectivity index (χ1) is 17.0. The third kappa shape index (κ3) is 5.20. The molecule has 5 rings (SSSR count). The summed E-state index contributed by atoms with van der Waals surface area (Å²) >= 11 is 5.99. The van der Waals surface area contributed by atoms with Crippen LogP contribution in [0.1, 0.15) is 39.3 Å². The number of likely N-dealkylation sites (tertiary alicyclic amines) is 1. The number of hydrogen-bond donors (Lipinski definition) is 0. The van der Waals surface area contributed by atoms with Gasteiger partial charge < -0.3 is 9.64 Å². The Labute approximate surface area is 211 Å². The number of carbonyl (C=O) groups is 1. The van der Waals surface area contributed by atoms with Crippen molar-refractivity contribution in [2.45, 2.75) is 26.3 Å². The Morgan fingerprint density at radius 3 is 2.54 bits per heavy atom. The Kier molecular flexibility index (Phi) is 7.04. The third-order valence-corrected chi connectivity index (χ3v) is 7.22. The molecular weight excluding hydrogens is 460 g/mol. The van der Waals surface area contributed by atoms with Gasteiger partial charge in [-0.2, -0.15) is 5.10 Å². The van der Waals surface area contributed by atoms with Gasteiger partial charge in [0, 0.05) is 37.2 Å². The lowest BCUT2D eigenvalue weighted by Crippen LogP contribution is -2.45. The molecule has 35 heavy (non-hydrogen) atoms. The van der Waals surface area contributed by atoms with Gasteiger partial charge in [-0.3, -0.25) is 9.69 Å². The first-order valence-electron chi connectivity index (χ1n) is 12.2. The zero-order valence-electron chi connectivity index (χ0n) is 20.3. The number of amides is 1. The number of ether oxygens (including phenoxy) is 1. The minimum absolute atomic E-state index is 0.0841. The van der Waals surface area contributed by atoms with Crippen molar-refractivity contribution in [1.29, 1.82) is 0 Å². The Hall–Kier alpha value is -2.93. The number of morpholine rings is 1. The second-order valence-corrected chi connectivity index (χ2v) is 9.72. The van der Waals surface area contributed by atoms with Crippen molar-refractivity contribution in [3.8, 4) is 5.69 Å². The number of benzene rings is 2. The minimum atomic E-state index is 0.0841. The highest BCUT2D eigenvalue weighted by atomic mass is 35.5. The highest BCUT2D eigenvalue weighted by Crippen LogP contribution is 2.24. The summed E-state index contributed by atoms with van der Waals surface area (Å²) in [6.45, 7) is 8.93. The van der Waals surface area contributed by atoms with E-state index in [0.717, 1.165) is 84.6 Å². The maximum absolute atomic E-state index is 13.5. The van der Waals surface area contributed by atoms with Gasteiger partial charge >= 0.3 is 0 Å². The topological polar surface area (TPSA) is 50.6 Å². The van der Waals surface area contributed by atoms with Gasteiger partial charge in [0.05, 0.1) is 35.9 Å². The fourth-order valence-corrected chi connectivity index (χ4v) is 5.18. The summed E-state index contributed by atoms with van der Waals surface area (Å²) in [5.41, 5.74) is 5.45. The number of hydrogen-bond acceptors (Lipinski definition) is 4. The molecule has 6 nitrogen and oxygen atoms in total. The Balaban J connectivity index is 1.33. The fraction of sp³-hybridized carbons (Fsp3) is 0.357. The molecule has 0 aliphatic carbocycles. The normalized spacial score (nSPS) is 19.1. The lowest BCUT2D eigenvalue weighted by Gasteiger charge is -2.32. The van der Waals surface area contributed by atoms with Gasteiger partial charge in [0.2, 0.25) is 0 Å². The van der Waals surface area contributed by atoms with E-state index in [2.05, 4.69) is 29.2 Å². The zero-order valence-corrected chi connectivity index (χ0v) is 21.0. The number of halogens is 1. The predicted octanol–water partition coefficient (Wildman–Crippen LogP) is 4.86. The SMILES string of the molecule is Cc1nn(-c2cccc(C=Cc3ccc(Cl)cc3)c2)c(C)c1C(=O)N1CC[C@@H](N2CCOCC2)C1. The van der Waals surface area contributed by atoms with Gasteiger partial charge in [0.15, 0.2) is 0 Å². The zero-order chi connectivity index (χ0) is 24.4. The van der Waals surface area contributed by atoms with Crippen LogP contribution in [0.15, 0.2) is 48.5 Å². The third-order valence-electron chi connectivity index (χ3n) is 6.97. The first-order valence-corrected chi connectivity index (χ1v) is 12.6. The van der Waals surface area contributed by atoms with Crippen LogP contribution in [-0.4, -0.2) is 70.9 Å². The van der Waals surface area contributed by atoms with Crippen LogP contribution in [0.2, 0.25) is 5.02 Å². The van der Waals surface area contributed by atoms with E-state index in [9.17, 15) is 4.79 Å². The van der Waals surface area contributed by atoms with E-state index in [1.54, 1.807) is 0 Å². The molecule has 2 aliphatic heterocycles. The molecule has 3 aromatic rings. The Morgan fingerprint density at radius 2 is 1.77 bits per heavy atom. The molecule has 0 saturated carbocycles. The summed E-state index contributed by atoms with van der Waals surface area (Å²) in [5, 5.41) is 5.48. The summed E-state index contributed by atoms with van der Waals surface area (Å²) in [6, 6.07) is 16.4. The minimum Gasteiger partial charge on any atom is -0.379 e. The molecule has 1 aromatic heterocycles. The summed E-state index contributed by atoms with van der Waals surface area (Å²) in [4.78, 5) is 18.0. The van der Waals surface area contributed by atoms with Gasteiger partial charge in [0.1, 0.15) is 0 Å². The van der Waals surface area contributed by atoms with E-state index in [-0.39, 0.29) is 5.91 Å². The average molecular weight is 491 g/mol. The molecule has 2 aliphatic rings. The van der Waals surface area contributed by atoms with Crippen molar-refractivity contribution in [2.75, 3.05) is 39.4 Å². The van der Waals surface area contributed by atoms with Crippen molar-refractivity contribution >= 4 is 29.7 Å². The second-order valence-electron chi connectivity index (χ2n) is 9.28. The fourth-order valence-electron chi connectivity index (χ4n) is 5.06. The van der Waals surface area contributed by atoms with E-state index in [1.165, 1.54) is 0 Å². The largest absolute Gasteiger partial charge is 0.379 e. The maximum Gasteiger partial charge on any atom is 0.257 e. The van der Waals surface area contributed by atoms with Crippen LogP contribution in [0.3, 0.4) is 0 Å². The molecule has 182 valence electrons. The Morgan fingerprint density at radius 1 is 1.03 bits per heavy atom. The lowest BCUT2D eigenvalue weighted by molar-refractivity contribution is 0.0185. The van der Waals surface area contributed by atoms with Crippen molar-refractivity contribution in [2.24, 2.45) is 0 Å². The molecule has 0 bridgehead atoms. The highest BCUT2D eigenvalue weighted by Gasteiger charge is 2.33. The Bertz CT molecular complexity index is 1230. The molecule has 1 amide bonds. The monoisotopic (exact) mass is 490 g/mol. The summed E-state index contributed by atoms with van der Waals surface area (Å²) in [5.74, 6) is 0.0841. The molecular formula is C28H31ClN4O2. The van der Waals surface area contributed by atoms with Crippen LogP contribution in [0, 0.1) is 13.8 Å². The second kappa shape index (κ2) is 10.4. The standard InChI is InChI=1S/C28H31ClN4O2/c1-20-27(28(34)32-13-12-26(19-32)31-14-16-35-17-15-31)21(2)33(30-20)25-5-3-4-23(18-25)7-6-22-8-10-24(29)11-9-22/h3-11,18,26H,12-17,19H2,1-2H3/t26-/m1/s1. The number of rotatable bonds is 5.